The molecule has 0 amide bonds. The van der Waals surface area contributed by atoms with Crippen molar-refractivity contribution >= 4 is 64.6 Å². The van der Waals surface area contributed by atoms with Gasteiger partial charge in [-0.2, -0.15) is 0 Å². The van der Waals surface area contributed by atoms with Crippen LogP contribution in [0.4, 0.5) is 0 Å². The lowest BCUT2D eigenvalue weighted by Crippen LogP contribution is -1.98. The van der Waals surface area contributed by atoms with Crippen LogP contribution in [0, 0.1) is 0 Å². The fourth-order valence-corrected chi connectivity index (χ4v) is 5.33. The number of hydrogen-bond acceptors (Lipinski definition) is 2. The third-order valence-electron chi connectivity index (χ3n) is 6.53. The molecule has 0 aliphatic heterocycles. The summed E-state index contributed by atoms with van der Waals surface area (Å²) < 4.78 is 0. The molecule has 7 rings (SSSR count). The van der Waals surface area contributed by atoms with Gasteiger partial charge < -0.3 is 0 Å². The first-order valence-electron chi connectivity index (χ1n) is 10.1. The van der Waals surface area contributed by atoms with Crippen LogP contribution in [-0.2, 0) is 0 Å². The normalized spacial score (nSPS) is 12.3. The predicted molar refractivity (Wildman–Crippen MR) is 126 cm³/mol. The molecule has 0 saturated heterocycles. The minimum atomic E-state index is 0.00689. The molecule has 2 nitrogen and oxygen atoms in total. The zero-order chi connectivity index (χ0) is 20.0. The summed E-state index contributed by atoms with van der Waals surface area (Å²) in [6.07, 6.45) is 0. The van der Waals surface area contributed by atoms with Gasteiger partial charge in [0.2, 0.25) is 0 Å². The molecule has 0 atom stereocenters. The summed E-state index contributed by atoms with van der Waals surface area (Å²) in [7, 11) is 0. The predicted octanol–water partition coefficient (Wildman–Crippen LogP) is 6.20. The second kappa shape index (κ2) is 5.31. The second-order valence-corrected chi connectivity index (χ2v) is 7.96. The van der Waals surface area contributed by atoms with Gasteiger partial charge in [-0.25, -0.2) is 0 Å². The quantitative estimate of drug-likeness (QED) is 0.293. The van der Waals surface area contributed by atoms with E-state index in [4.69, 9.17) is 0 Å². The SMILES string of the molecule is O=c1c2ccccc2c2c1c1ccc3ccccc3c1c1c3ccccc3c(=O)c21. The first kappa shape index (κ1) is 15.8. The van der Waals surface area contributed by atoms with Crippen LogP contribution in [0.5, 0.6) is 0 Å². The highest BCUT2D eigenvalue weighted by atomic mass is 16.1. The molecule has 0 aliphatic rings. The molecule has 0 heterocycles. The molecular weight excluding hydrogens is 368 g/mol. The van der Waals surface area contributed by atoms with Crippen molar-refractivity contribution in [2.75, 3.05) is 0 Å². The molecule has 0 saturated carbocycles. The van der Waals surface area contributed by atoms with Gasteiger partial charge in [0.25, 0.3) is 0 Å². The van der Waals surface area contributed by atoms with Crippen LogP contribution < -0.4 is 10.9 Å². The maximum absolute atomic E-state index is 13.6. The van der Waals surface area contributed by atoms with Gasteiger partial charge in [0, 0.05) is 32.3 Å². The zero-order valence-corrected chi connectivity index (χ0v) is 15.9. The van der Waals surface area contributed by atoms with E-state index in [9.17, 15) is 9.59 Å². The van der Waals surface area contributed by atoms with Gasteiger partial charge in [-0.1, -0.05) is 84.9 Å². The molecule has 7 aromatic carbocycles. The highest BCUT2D eigenvalue weighted by Crippen LogP contribution is 2.43. The summed E-state index contributed by atoms with van der Waals surface area (Å²) in [6.45, 7) is 0. The molecule has 0 radical (unpaired) electrons. The van der Waals surface area contributed by atoms with Gasteiger partial charge in [-0.05, 0) is 32.3 Å². The number of fused-ring (bicyclic) bond motifs is 12. The minimum absolute atomic E-state index is 0.00689. The molecule has 0 aliphatic carbocycles. The molecule has 0 unspecified atom stereocenters. The topological polar surface area (TPSA) is 34.1 Å². The summed E-state index contributed by atoms with van der Waals surface area (Å²) >= 11 is 0. The molecule has 138 valence electrons. The molecule has 2 heteroatoms. The van der Waals surface area contributed by atoms with Crippen LogP contribution in [0.15, 0.2) is 94.5 Å². The van der Waals surface area contributed by atoms with Gasteiger partial charge in [0.15, 0.2) is 10.9 Å². The fraction of sp³-hybridized carbons (Fsp3) is 0. The fourth-order valence-electron chi connectivity index (χ4n) is 5.33. The van der Waals surface area contributed by atoms with Crippen molar-refractivity contribution in [3.8, 4) is 0 Å². The van der Waals surface area contributed by atoms with Crippen molar-refractivity contribution in [2.24, 2.45) is 0 Å². The molecule has 7 aromatic rings. The second-order valence-electron chi connectivity index (χ2n) is 7.96. The zero-order valence-electron chi connectivity index (χ0n) is 15.9. The van der Waals surface area contributed by atoms with E-state index in [2.05, 4.69) is 18.2 Å². The van der Waals surface area contributed by atoms with Crippen molar-refractivity contribution < 1.29 is 0 Å². The smallest absolute Gasteiger partial charge is 0.194 e. The highest BCUT2D eigenvalue weighted by molar-refractivity contribution is 6.41. The largest absolute Gasteiger partial charge is 0.289 e. The summed E-state index contributed by atoms with van der Waals surface area (Å²) in [5.74, 6) is 0. The van der Waals surface area contributed by atoms with Crippen LogP contribution in [-0.4, -0.2) is 0 Å². The Morgan fingerprint density at radius 2 is 0.833 bits per heavy atom. The molecular formula is C28H14O2. The molecule has 0 spiro atoms. The summed E-state index contributed by atoms with van der Waals surface area (Å²) in [4.78, 5) is 27.1. The van der Waals surface area contributed by atoms with E-state index < -0.39 is 0 Å². The van der Waals surface area contributed by atoms with Crippen LogP contribution in [0.3, 0.4) is 0 Å². The summed E-state index contributed by atoms with van der Waals surface area (Å²) in [6, 6.07) is 27.8. The maximum atomic E-state index is 13.6. The van der Waals surface area contributed by atoms with Gasteiger partial charge in [0.1, 0.15) is 0 Å². The number of rotatable bonds is 0. The van der Waals surface area contributed by atoms with Gasteiger partial charge in [-0.3, -0.25) is 9.59 Å². The lowest BCUT2D eigenvalue weighted by molar-refractivity contribution is 1.80. The van der Waals surface area contributed by atoms with Crippen LogP contribution in [0.1, 0.15) is 0 Å². The highest BCUT2D eigenvalue weighted by Gasteiger charge is 2.23. The van der Waals surface area contributed by atoms with Crippen molar-refractivity contribution in [1.29, 1.82) is 0 Å². The number of hydrogen-bond donors (Lipinski definition) is 0. The summed E-state index contributed by atoms with van der Waals surface area (Å²) in [5, 5.41) is 10.4. The first-order chi connectivity index (χ1) is 14.8. The van der Waals surface area contributed by atoms with E-state index in [-0.39, 0.29) is 10.9 Å². The molecule has 0 aromatic heterocycles. The lowest BCUT2D eigenvalue weighted by atomic mass is 9.93. The number of benzene rings is 5. The molecule has 0 fully saturated rings. The third-order valence-corrected chi connectivity index (χ3v) is 6.53. The average molecular weight is 382 g/mol. The Morgan fingerprint density at radius 1 is 0.333 bits per heavy atom. The van der Waals surface area contributed by atoms with E-state index in [1.54, 1.807) is 0 Å². The van der Waals surface area contributed by atoms with E-state index in [1.165, 1.54) is 0 Å². The Labute approximate surface area is 170 Å². The first-order valence-corrected chi connectivity index (χ1v) is 10.1. The van der Waals surface area contributed by atoms with Crippen LogP contribution >= 0.6 is 0 Å². The maximum Gasteiger partial charge on any atom is 0.194 e. The van der Waals surface area contributed by atoms with E-state index in [1.807, 2.05) is 66.7 Å². The third kappa shape index (κ3) is 1.71. The van der Waals surface area contributed by atoms with Crippen molar-refractivity contribution in [3.05, 3.63) is 105 Å². The van der Waals surface area contributed by atoms with Crippen molar-refractivity contribution in [3.63, 3.8) is 0 Å². The lowest BCUT2D eigenvalue weighted by Gasteiger charge is -2.08. The van der Waals surface area contributed by atoms with Crippen LogP contribution in [0.2, 0.25) is 0 Å². The van der Waals surface area contributed by atoms with Gasteiger partial charge in [0.05, 0.1) is 0 Å². The molecule has 30 heavy (non-hydrogen) atoms. The van der Waals surface area contributed by atoms with E-state index >= 15 is 0 Å². The van der Waals surface area contributed by atoms with Crippen molar-refractivity contribution in [1.82, 2.24) is 0 Å². The van der Waals surface area contributed by atoms with E-state index in [0.717, 1.165) is 43.1 Å². The Kier molecular flexibility index (Phi) is 2.80. The Morgan fingerprint density at radius 3 is 1.50 bits per heavy atom. The van der Waals surface area contributed by atoms with Gasteiger partial charge >= 0.3 is 0 Å². The Balaban J connectivity index is 2.03. The standard InChI is InChI=1S/C28H14O2/c29-27-19-11-5-4-10-18(19)24-25(27)21-14-13-15-7-1-2-8-16(15)22(21)23-17-9-3-6-12-20(17)28(30)26(23)24/h1-14H. The van der Waals surface area contributed by atoms with Gasteiger partial charge in [-0.15, -0.1) is 0 Å². The minimum Gasteiger partial charge on any atom is -0.289 e. The Bertz CT molecular complexity index is 1930. The average Bonchev–Trinajstić information content (AvgIpc) is 3.26. The summed E-state index contributed by atoms with van der Waals surface area (Å²) in [5.41, 5.74) is 0.0172. The monoisotopic (exact) mass is 382 g/mol. The molecule has 0 bridgehead atoms. The van der Waals surface area contributed by atoms with E-state index in [0.29, 0.717) is 21.5 Å². The van der Waals surface area contributed by atoms with Crippen molar-refractivity contribution in [2.45, 2.75) is 0 Å². The van der Waals surface area contributed by atoms with Crippen LogP contribution in [0.25, 0.3) is 64.6 Å². The Hall–Kier alpha value is -4.04. The molecule has 0 N–H and O–H groups in total.